The summed E-state index contributed by atoms with van der Waals surface area (Å²) in [4.78, 5) is 20.1. The monoisotopic (exact) mass is 320 g/mol. The highest BCUT2D eigenvalue weighted by molar-refractivity contribution is 8.00. The lowest BCUT2D eigenvalue weighted by molar-refractivity contribution is -0.142. The van der Waals surface area contributed by atoms with Crippen molar-refractivity contribution in [3.8, 4) is 0 Å². The number of esters is 1. The third-order valence-corrected chi connectivity index (χ3v) is 4.91. The van der Waals surface area contributed by atoms with Gasteiger partial charge in [0, 0.05) is 18.0 Å². The van der Waals surface area contributed by atoms with Crippen molar-refractivity contribution in [3.05, 3.63) is 24.3 Å². The largest absolute Gasteiger partial charge is 0.466 e. The number of carbonyl (C=O) groups excluding carboxylic acids is 1. The van der Waals surface area contributed by atoms with Crippen molar-refractivity contribution in [2.45, 2.75) is 23.5 Å². The maximum atomic E-state index is 11.9. The molecular weight excluding hydrogens is 300 g/mol. The predicted octanol–water partition coefficient (Wildman–Crippen LogP) is 2.48. The standard InChI is InChI=1S/C16H20N2O3S/c1-2-21-15(19)11-14-16(18-7-9-20-10-8-18)17-12-5-3-4-6-13(12)22-14/h3-6,14H,2,7-11H2,1H3. The highest BCUT2D eigenvalue weighted by Gasteiger charge is 2.31. The van der Waals surface area contributed by atoms with Gasteiger partial charge in [-0.05, 0) is 19.1 Å². The quantitative estimate of drug-likeness (QED) is 0.801. The van der Waals surface area contributed by atoms with E-state index in [1.807, 2.05) is 25.1 Å². The van der Waals surface area contributed by atoms with Gasteiger partial charge in [0.15, 0.2) is 0 Å². The third-order valence-electron chi connectivity index (χ3n) is 3.65. The van der Waals surface area contributed by atoms with Crippen molar-refractivity contribution in [2.75, 3.05) is 32.9 Å². The van der Waals surface area contributed by atoms with Gasteiger partial charge in [0.1, 0.15) is 5.84 Å². The Kier molecular flexibility index (Phi) is 5.00. The second-order valence-corrected chi connectivity index (χ2v) is 6.40. The number of hydrogen-bond acceptors (Lipinski definition) is 6. The number of ether oxygens (including phenoxy) is 2. The van der Waals surface area contributed by atoms with Crippen molar-refractivity contribution in [1.82, 2.24) is 4.90 Å². The van der Waals surface area contributed by atoms with Crippen LogP contribution < -0.4 is 0 Å². The minimum Gasteiger partial charge on any atom is -0.466 e. The fraction of sp³-hybridized carbons (Fsp3) is 0.500. The summed E-state index contributed by atoms with van der Waals surface area (Å²) in [5, 5.41) is 0.00653. The number of amidine groups is 1. The fourth-order valence-electron chi connectivity index (χ4n) is 2.62. The first-order valence-electron chi connectivity index (χ1n) is 7.60. The van der Waals surface area contributed by atoms with Gasteiger partial charge in [-0.3, -0.25) is 4.79 Å². The predicted molar refractivity (Wildman–Crippen MR) is 86.8 cm³/mol. The van der Waals surface area contributed by atoms with E-state index in [1.54, 1.807) is 11.8 Å². The molecule has 0 saturated carbocycles. The van der Waals surface area contributed by atoms with Crippen LogP contribution in [0, 0.1) is 0 Å². The first kappa shape index (κ1) is 15.4. The molecular formula is C16H20N2O3S. The normalized spacial score (nSPS) is 21.0. The molecule has 3 rings (SSSR count). The number of thioether (sulfide) groups is 1. The van der Waals surface area contributed by atoms with E-state index in [0.717, 1.165) is 29.5 Å². The number of carbonyl (C=O) groups is 1. The van der Waals surface area contributed by atoms with Crippen molar-refractivity contribution in [2.24, 2.45) is 4.99 Å². The average molecular weight is 320 g/mol. The molecule has 118 valence electrons. The minimum atomic E-state index is -0.166. The van der Waals surface area contributed by atoms with E-state index < -0.39 is 0 Å². The molecule has 22 heavy (non-hydrogen) atoms. The average Bonchev–Trinajstić information content (AvgIpc) is 2.55. The number of morpholine rings is 1. The van der Waals surface area contributed by atoms with Gasteiger partial charge in [-0.1, -0.05) is 12.1 Å². The van der Waals surface area contributed by atoms with E-state index in [4.69, 9.17) is 14.5 Å². The number of aliphatic imine (C=N–C) groups is 1. The van der Waals surface area contributed by atoms with E-state index in [1.165, 1.54) is 0 Å². The third kappa shape index (κ3) is 3.44. The molecule has 0 aliphatic carbocycles. The number of hydrogen-bond donors (Lipinski definition) is 0. The van der Waals surface area contributed by atoms with Gasteiger partial charge >= 0.3 is 5.97 Å². The molecule has 0 amide bonds. The van der Waals surface area contributed by atoms with Crippen LogP contribution in [0.15, 0.2) is 34.2 Å². The second-order valence-electron chi connectivity index (χ2n) is 5.15. The van der Waals surface area contributed by atoms with Crippen molar-refractivity contribution < 1.29 is 14.3 Å². The highest BCUT2D eigenvalue weighted by Crippen LogP contribution is 2.39. The Labute approximate surface area is 134 Å². The Balaban J connectivity index is 1.85. The molecule has 0 spiro atoms. The molecule has 1 fully saturated rings. The van der Waals surface area contributed by atoms with Gasteiger partial charge in [0.25, 0.3) is 0 Å². The molecule has 2 heterocycles. The molecule has 2 aliphatic heterocycles. The van der Waals surface area contributed by atoms with Crippen molar-refractivity contribution in [1.29, 1.82) is 0 Å². The molecule has 0 bridgehead atoms. The van der Waals surface area contributed by atoms with Gasteiger partial charge in [-0.15, -0.1) is 11.8 Å². The van der Waals surface area contributed by atoms with Gasteiger partial charge < -0.3 is 14.4 Å². The zero-order valence-electron chi connectivity index (χ0n) is 12.7. The molecule has 6 heteroatoms. The Morgan fingerprint density at radius 1 is 1.41 bits per heavy atom. The van der Waals surface area contributed by atoms with E-state index in [9.17, 15) is 4.79 Å². The molecule has 2 aliphatic rings. The van der Waals surface area contributed by atoms with E-state index in [0.29, 0.717) is 26.2 Å². The van der Waals surface area contributed by atoms with Gasteiger partial charge in [0.2, 0.25) is 0 Å². The molecule has 5 nitrogen and oxygen atoms in total. The van der Waals surface area contributed by atoms with Crippen LogP contribution in [0.4, 0.5) is 5.69 Å². The lowest BCUT2D eigenvalue weighted by Crippen LogP contribution is -2.46. The number of benzene rings is 1. The number of fused-ring (bicyclic) bond motifs is 1. The lowest BCUT2D eigenvalue weighted by atomic mass is 10.2. The summed E-state index contributed by atoms with van der Waals surface area (Å²) in [6.45, 7) is 5.30. The summed E-state index contributed by atoms with van der Waals surface area (Å²) in [5.74, 6) is 0.806. The Morgan fingerprint density at radius 3 is 2.95 bits per heavy atom. The highest BCUT2D eigenvalue weighted by atomic mass is 32.2. The fourth-order valence-corrected chi connectivity index (χ4v) is 3.85. The molecule has 1 aromatic rings. The summed E-state index contributed by atoms with van der Waals surface area (Å²) in [5.41, 5.74) is 0.981. The Hall–Kier alpha value is -1.53. The SMILES string of the molecule is CCOC(=O)CC1Sc2ccccc2N=C1N1CCOCC1. The Bertz CT molecular complexity index is 570. The summed E-state index contributed by atoms with van der Waals surface area (Å²) in [6, 6.07) is 8.06. The van der Waals surface area contributed by atoms with E-state index in [-0.39, 0.29) is 11.2 Å². The van der Waals surface area contributed by atoms with Crippen molar-refractivity contribution in [3.63, 3.8) is 0 Å². The van der Waals surface area contributed by atoms with Gasteiger partial charge in [-0.25, -0.2) is 4.99 Å². The van der Waals surface area contributed by atoms with Gasteiger partial charge in [0.05, 0.1) is 37.2 Å². The van der Waals surface area contributed by atoms with Crippen LogP contribution in [-0.2, 0) is 14.3 Å². The number of para-hydroxylation sites is 1. The van der Waals surface area contributed by atoms with Crippen LogP contribution in [0.2, 0.25) is 0 Å². The van der Waals surface area contributed by atoms with Crippen molar-refractivity contribution >= 4 is 29.3 Å². The van der Waals surface area contributed by atoms with E-state index >= 15 is 0 Å². The summed E-state index contributed by atoms with van der Waals surface area (Å²) >= 11 is 1.70. The minimum absolute atomic E-state index is 0.00653. The van der Waals surface area contributed by atoms with Crippen LogP contribution in [-0.4, -0.2) is 54.9 Å². The molecule has 1 saturated heterocycles. The van der Waals surface area contributed by atoms with Crippen LogP contribution in [0.5, 0.6) is 0 Å². The van der Waals surface area contributed by atoms with Gasteiger partial charge in [-0.2, -0.15) is 0 Å². The molecule has 1 unspecified atom stereocenters. The van der Waals surface area contributed by atoms with Crippen LogP contribution in [0.25, 0.3) is 0 Å². The summed E-state index contributed by atoms with van der Waals surface area (Å²) in [6.07, 6.45) is 0.350. The van der Waals surface area contributed by atoms with Crippen LogP contribution in [0.3, 0.4) is 0 Å². The molecule has 0 N–H and O–H groups in total. The molecule has 0 aromatic heterocycles. The first-order chi connectivity index (χ1) is 10.8. The zero-order valence-corrected chi connectivity index (χ0v) is 13.5. The molecule has 0 radical (unpaired) electrons. The van der Waals surface area contributed by atoms with E-state index in [2.05, 4.69) is 11.0 Å². The smallest absolute Gasteiger partial charge is 0.307 e. The first-order valence-corrected chi connectivity index (χ1v) is 8.48. The lowest BCUT2D eigenvalue weighted by Gasteiger charge is -2.35. The summed E-state index contributed by atoms with van der Waals surface area (Å²) in [7, 11) is 0. The van der Waals surface area contributed by atoms with Crippen LogP contribution in [0.1, 0.15) is 13.3 Å². The van der Waals surface area contributed by atoms with Crippen LogP contribution >= 0.6 is 11.8 Å². The molecule has 1 aromatic carbocycles. The zero-order chi connectivity index (χ0) is 15.4. The second kappa shape index (κ2) is 7.15. The summed E-state index contributed by atoms with van der Waals surface area (Å²) < 4.78 is 10.5. The maximum Gasteiger partial charge on any atom is 0.307 e. The number of rotatable bonds is 3. The maximum absolute atomic E-state index is 11.9. The number of nitrogens with zero attached hydrogens (tertiary/aromatic N) is 2. The topological polar surface area (TPSA) is 51.1 Å². The molecule has 1 atom stereocenters. The Morgan fingerprint density at radius 2 is 2.18 bits per heavy atom.